The molecule has 0 radical (unpaired) electrons. The zero-order valence-electron chi connectivity index (χ0n) is 12.4. The highest BCUT2D eigenvalue weighted by Crippen LogP contribution is 2.37. The van der Waals surface area contributed by atoms with Gasteiger partial charge in [-0.1, -0.05) is 71.4 Å². The molecule has 102 valence electrons. The van der Waals surface area contributed by atoms with E-state index in [0.717, 1.165) is 6.42 Å². The zero-order valence-corrected chi connectivity index (χ0v) is 12.4. The molecule has 0 saturated heterocycles. The van der Waals surface area contributed by atoms with E-state index in [0.29, 0.717) is 11.8 Å². The van der Waals surface area contributed by atoms with Gasteiger partial charge in [0, 0.05) is 12.0 Å². The lowest BCUT2D eigenvalue weighted by molar-refractivity contribution is 0.197. The summed E-state index contributed by atoms with van der Waals surface area (Å²) in [6, 6.07) is 11.0. The lowest BCUT2D eigenvalue weighted by Gasteiger charge is -2.40. The Kier molecular flexibility index (Phi) is 5.36. The first-order valence-corrected chi connectivity index (χ1v) is 6.92. The fraction of sp³-hybridized carbons (Fsp3) is 0.625. The van der Waals surface area contributed by atoms with Gasteiger partial charge in [-0.15, -0.1) is 0 Å². The van der Waals surface area contributed by atoms with Gasteiger partial charge in [0.1, 0.15) is 0 Å². The molecule has 0 aromatic heterocycles. The van der Waals surface area contributed by atoms with Crippen LogP contribution in [-0.2, 0) is 0 Å². The summed E-state index contributed by atoms with van der Waals surface area (Å²) in [4.78, 5) is 0. The van der Waals surface area contributed by atoms with Gasteiger partial charge in [-0.3, -0.25) is 11.3 Å². The Balaban J connectivity index is 3.13. The van der Waals surface area contributed by atoms with E-state index in [-0.39, 0.29) is 11.5 Å². The van der Waals surface area contributed by atoms with Crippen LogP contribution in [0.1, 0.15) is 52.5 Å². The van der Waals surface area contributed by atoms with E-state index in [4.69, 9.17) is 5.84 Å². The van der Waals surface area contributed by atoms with E-state index in [2.05, 4.69) is 70.4 Å². The average Bonchev–Trinajstić information content (AvgIpc) is 2.34. The van der Waals surface area contributed by atoms with Crippen molar-refractivity contribution in [3.8, 4) is 0 Å². The molecular weight excluding hydrogens is 220 g/mol. The van der Waals surface area contributed by atoms with E-state index >= 15 is 0 Å². The lowest BCUT2D eigenvalue weighted by Crippen LogP contribution is -2.49. The summed E-state index contributed by atoms with van der Waals surface area (Å²) in [6.07, 6.45) is 1.16. The van der Waals surface area contributed by atoms with Crippen LogP contribution in [0.5, 0.6) is 0 Å². The minimum Gasteiger partial charge on any atom is -0.271 e. The van der Waals surface area contributed by atoms with E-state index < -0.39 is 0 Å². The topological polar surface area (TPSA) is 38.0 Å². The highest BCUT2D eigenvalue weighted by atomic mass is 15.2. The first-order valence-electron chi connectivity index (χ1n) is 6.92. The van der Waals surface area contributed by atoms with Gasteiger partial charge in [-0.25, -0.2) is 0 Å². The molecule has 0 fully saturated rings. The summed E-state index contributed by atoms with van der Waals surface area (Å²) >= 11 is 0. The molecule has 0 aliphatic rings. The van der Waals surface area contributed by atoms with Gasteiger partial charge in [0.15, 0.2) is 0 Å². The number of nitrogens with one attached hydrogen (secondary N) is 1. The molecule has 2 heteroatoms. The fourth-order valence-corrected chi connectivity index (χ4v) is 2.67. The van der Waals surface area contributed by atoms with Gasteiger partial charge in [0.25, 0.3) is 0 Å². The number of nitrogens with two attached hydrogens (primary N) is 1. The molecule has 0 bridgehead atoms. The van der Waals surface area contributed by atoms with Crippen LogP contribution in [0.25, 0.3) is 0 Å². The maximum absolute atomic E-state index is 5.84. The minimum absolute atomic E-state index is 0.138. The Morgan fingerprint density at radius 1 is 1.17 bits per heavy atom. The fourth-order valence-electron chi connectivity index (χ4n) is 2.67. The first-order chi connectivity index (χ1) is 8.41. The lowest BCUT2D eigenvalue weighted by atomic mass is 9.71. The van der Waals surface area contributed by atoms with Crippen molar-refractivity contribution in [2.24, 2.45) is 17.2 Å². The van der Waals surface area contributed by atoms with E-state index in [1.165, 1.54) is 5.56 Å². The molecule has 2 nitrogen and oxygen atoms in total. The number of hydrogen-bond donors (Lipinski definition) is 2. The van der Waals surface area contributed by atoms with Gasteiger partial charge in [-0.2, -0.15) is 0 Å². The van der Waals surface area contributed by atoms with Gasteiger partial charge >= 0.3 is 0 Å². The van der Waals surface area contributed by atoms with E-state index in [1.807, 2.05) is 0 Å². The Labute approximate surface area is 112 Å². The Morgan fingerprint density at radius 3 is 2.11 bits per heavy atom. The third kappa shape index (κ3) is 3.56. The van der Waals surface area contributed by atoms with Crippen molar-refractivity contribution in [3.63, 3.8) is 0 Å². The number of hydrazine groups is 1. The van der Waals surface area contributed by atoms with Crippen molar-refractivity contribution in [1.82, 2.24) is 5.43 Å². The summed E-state index contributed by atoms with van der Waals surface area (Å²) in [7, 11) is 0. The number of rotatable bonds is 5. The van der Waals surface area contributed by atoms with Crippen LogP contribution in [0.3, 0.4) is 0 Å². The third-order valence-corrected chi connectivity index (χ3v) is 3.91. The molecule has 3 N–H and O–H groups in total. The van der Waals surface area contributed by atoms with Crippen molar-refractivity contribution in [1.29, 1.82) is 0 Å². The molecule has 0 heterocycles. The molecule has 1 aromatic carbocycles. The summed E-state index contributed by atoms with van der Waals surface area (Å²) in [5.74, 6) is 6.89. The van der Waals surface area contributed by atoms with Crippen molar-refractivity contribution in [3.05, 3.63) is 35.9 Å². The van der Waals surface area contributed by atoms with E-state index in [9.17, 15) is 0 Å². The Hall–Kier alpha value is -0.860. The molecule has 0 aliphatic carbocycles. The van der Waals surface area contributed by atoms with Crippen molar-refractivity contribution >= 4 is 0 Å². The van der Waals surface area contributed by atoms with Gasteiger partial charge in [0.05, 0.1) is 0 Å². The molecule has 3 unspecified atom stereocenters. The van der Waals surface area contributed by atoms with Gasteiger partial charge in [0.2, 0.25) is 0 Å². The predicted molar refractivity (Wildman–Crippen MR) is 79.2 cm³/mol. The molecule has 1 rings (SSSR count). The van der Waals surface area contributed by atoms with Crippen LogP contribution in [0.15, 0.2) is 30.3 Å². The summed E-state index contributed by atoms with van der Waals surface area (Å²) in [5.41, 5.74) is 4.57. The summed E-state index contributed by atoms with van der Waals surface area (Å²) in [5, 5.41) is 0. The quantitative estimate of drug-likeness (QED) is 0.616. The number of hydrogen-bond acceptors (Lipinski definition) is 2. The van der Waals surface area contributed by atoms with Crippen LogP contribution in [0, 0.1) is 11.3 Å². The molecule has 0 spiro atoms. The zero-order chi connectivity index (χ0) is 13.8. The van der Waals surface area contributed by atoms with Crippen LogP contribution < -0.4 is 11.3 Å². The van der Waals surface area contributed by atoms with Crippen molar-refractivity contribution < 1.29 is 0 Å². The molecule has 0 amide bonds. The largest absolute Gasteiger partial charge is 0.271 e. The Bertz CT molecular complexity index is 340. The second-order valence-corrected chi connectivity index (χ2v) is 6.33. The van der Waals surface area contributed by atoms with E-state index in [1.54, 1.807) is 0 Å². The molecular formula is C16H28N2. The van der Waals surface area contributed by atoms with Crippen LogP contribution >= 0.6 is 0 Å². The standard InChI is InChI=1S/C16H28N2/c1-6-12(2)14(13-10-8-7-9-11-13)15(18-17)16(3,4)5/h7-12,14-15,18H,6,17H2,1-5H3. The van der Waals surface area contributed by atoms with Crippen molar-refractivity contribution in [2.75, 3.05) is 0 Å². The first kappa shape index (κ1) is 15.2. The summed E-state index contributed by atoms with van der Waals surface area (Å²) < 4.78 is 0. The minimum atomic E-state index is 0.138. The molecule has 1 aromatic rings. The second kappa shape index (κ2) is 6.35. The molecule has 0 saturated carbocycles. The SMILES string of the molecule is CCC(C)C(c1ccccc1)C(NN)C(C)(C)C. The second-order valence-electron chi connectivity index (χ2n) is 6.33. The maximum atomic E-state index is 5.84. The average molecular weight is 248 g/mol. The molecule has 3 atom stereocenters. The summed E-state index contributed by atoms with van der Waals surface area (Å²) in [6.45, 7) is 11.3. The normalized spacial score (nSPS) is 17.2. The third-order valence-electron chi connectivity index (χ3n) is 3.91. The molecule has 18 heavy (non-hydrogen) atoms. The van der Waals surface area contributed by atoms with Crippen molar-refractivity contribution in [2.45, 2.75) is 53.0 Å². The van der Waals surface area contributed by atoms with Gasteiger partial charge < -0.3 is 0 Å². The number of benzene rings is 1. The monoisotopic (exact) mass is 248 g/mol. The Morgan fingerprint density at radius 2 is 1.72 bits per heavy atom. The molecule has 0 aliphatic heterocycles. The predicted octanol–water partition coefficient (Wildman–Crippen LogP) is 3.69. The highest BCUT2D eigenvalue weighted by Gasteiger charge is 2.34. The van der Waals surface area contributed by atoms with Crippen LogP contribution in [0.4, 0.5) is 0 Å². The van der Waals surface area contributed by atoms with Crippen LogP contribution in [0.2, 0.25) is 0 Å². The smallest absolute Gasteiger partial charge is 0.0330 e. The van der Waals surface area contributed by atoms with Crippen LogP contribution in [-0.4, -0.2) is 6.04 Å². The maximum Gasteiger partial charge on any atom is 0.0330 e. The van der Waals surface area contributed by atoms with Gasteiger partial charge in [-0.05, 0) is 16.9 Å². The highest BCUT2D eigenvalue weighted by molar-refractivity contribution is 5.23.